The lowest BCUT2D eigenvalue weighted by Gasteiger charge is -2.19. The van der Waals surface area contributed by atoms with E-state index in [1.54, 1.807) is 18.5 Å². The molecule has 8 rings (SSSR count). The molecule has 1 aliphatic rings. The zero-order chi connectivity index (χ0) is 30.2. The largest absolute Gasteiger partial charge is 0.508 e. The zero-order valence-electron chi connectivity index (χ0n) is 23.9. The third-order valence-electron chi connectivity index (χ3n) is 8.62. The first-order valence-electron chi connectivity index (χ1n) is 14.7. The molecule has 0 spiro atoms. The van der Waals surface area contributed by atoms with Crippen LogP contribution in [-0.4, -0.2) is 26.2 Å². The van der Waals surface area contributed by atoms with Crippen molar-refractivity contribution in [2.24, 2.45) is 0 Å². The maximum absolute atomic E-state index is 11.1. The van der Waals surface area contributed by atoms with Gasteiger partial charge in [0.15, 0.2) is 0 Å². The Morgan fingerprint density at radius 1 is 0.750 bits per heavy atom. The van der Waals surface area contributed by atoms with Crippen molar-refractivity contribution in [3.8, 4) is 5.75 Å². The quantitative estimate of drug-likeness (QED) is 0.199. The van der Waals surface area contributed by atoms with Gasteiger partial charge in [0.2, 0.25) is 0 Å². The van der Waals surface area contributed by atoms with Crippen LogP contribution >= 0.6 is 11.6 Å². The van der Waals surface area contributed by atoms with Gasteiger partial charge in [0.1, 0.15) is 5.75 Å². The number of phenols is 1. The van der Waals surface area contributed by atoms with E-state index >= 15 is 0 Å². The van der Waals surface area contributed by atoms with Crippen LogP contribution in [0.2, 0.25) is 5.02 Å². The third kappa shape index (κ3) is 5.20. The number of aromatic carboxylic acids is 1. The number of halogens is 1. The van der Waals surface area contributed by atoms with Gasteiger partial charge < -0.3 is 10.2 Å². The Morgan fingerprint density at radius 3 is 2.36 bits per heavy atom. The lowest BCUT2D eigenvalue weighted by atomic mass is 9.86. The minimum absolute atomic E-state index is 0.265. The number of nitrogens with zero attached hydrogens (tertiary/aromatic N) is 2. The van der Waals surface area contributed by atoms with Crippen molar-refractivity contribution < 1.29 is 15.0 Å². The number of fused-ring (bicyclic) bond motifs is 8. The summed E-state index contributed by atoms with van der Waals surface area (Å²) < 4.78 is 0. The summed E-state index contributed by atoms with van der Waals surface area (Å²) in [6, 6.07) is 27.9. The molecule has 5 nitrogen and oxygen atoms in total. The Morgan fingerprint density at radius 2 is 1.52 bits per heavy atom. The number of hydrogen-bond donors (Lipinski definition) is 2. The van der Waals surface area contributed by atoms with Crippen LogP contribution in [0.1, 0.15) is 45.5 Å². The molecule has 44 heavy (non-hydrogen) atoms. The standard InChI is InChI=1S/C25H21ClO.C13H8N2O2/c26-20-9-5-16(6-10-20)13-19-14-18-8-12-22-21-4-2-1-3-17(21)7-11-23(22)24(18)15-25(19)27;16-13(17)10-4-6-15-12-9(10)2-1-8-3-5-14-7-11(8)12/h5-12,14-15,27H,1-4,13H2;1-7H,(H,16,17). The Labute approximate surface area is 259 Å². The Balaban J connectivity index is 0.000000158. The highest BCUT2D eigenvalue weighted by molar-refractivity contribution is 6.30. The molecule has 0 fully saturated rings. The smallest absolute Gasteiger partial charge is 0.336 e. The highest BCUT2D eigenvalue weighted by Gasteiger charge is 2.15. The number of hydrogen-bond acceptors (Lipinski definition) is 4. The Kier molecular flexibility index (Phi) is 7.32. The van der Waals surface area contributed by atoms with E-state index in [0.29, 0.717) is 23.1 Å². The van der Waals surface area contributed by atoms with E-state index in [4.69, 9.17) is 16.7 Å². The average molecular weight is 597 g/mol. The number of aromatic hydroxyl groups is 1. The molecule has 0 unspecified atom stereocenters. The SMILES string of the molecule is O=C(O)c1ccnc2c1ccc1ccncc12.Oc1cc2c(ccc3c4c(ccc32)CCCC4)cc1Cc1ccc(Cl)cc1. The van der Waals surface area contributed by atoms with Crippen LogP contribution < -0.4 is 0 Å². The third-order valence-corrected chi connectivity index (χ3v) is 8.87. The minimum atomic E-state index is -0.944. The molecule has 1 aliphatic carbocycles. The molecule has 0 aliphatic heterocycles. The van der Waals surface area contributed by atoms with Gasteiger partial charge in [0, 0.05) is 40.8 Å². The predicted molar refractivity (Wildman–Crippen MR) is 178 cm³/mol. The number of carbonyl (C=O) groups is 1. The van der Waals surface area contributed by atoms with Gasteiger partial charge in [-0.15, -0.1) is 0 Å². The summed E-state index contributed by atoms with van der Waals surface area (Å²) in [6.45, 7) is 0. The molecular formula is C38H29ClN2O3. The van der Waals surface area contributed by atoms with E-state index in [0.717, 1.165) is 32.3 Å². The Hall–Kier alpha value is -5.00. The summed E-state index contributed by atoms with van der Waals surface area (Å²) in [5.41, 5.74) is 6.03. The second kappa shape index (κ2) is 11.6. The minimum Gasteiger partial charge on any atom is -0.508 e. The van der Waals surface area contributed by atoms with Crippen LogP contribution in [-0.2, 0) is 19.3 Å². The van der Waals surface area contributed by atoms with Gasteiger partial charge in [-0.05, 0) is 111 Å². The number of pyridine rings is 2. The van der Waals surface area contributed by atoms with E-state index < -0.39 is 5.97 Å². The molecule has 0 amide bonds. The fourth-order valence-electron chi connectivity index (χ4n) is 6.41. The average Bonchev–Trinajstić information content (AvgIpc) is 3.05. The zero-order valence-corrected chi connectivity index (χ0v) is 24.7. The van der Waals surface area contributed by atoms with Crippen LogP contribution in [0.3, 0.4) is 0 Å². The molecular weight excluding hydrogens is 568 g/mol. The first kappa shape index (κ1) is 27.8. The molecule has 0 atom stereocenters. The molecule has 0 saturated heterocycles. The van der Waals surface area contributed by atoms with E-state index in [9.17, 15) is 9.90 Å². The van der Waals surface area contributed by atoms with E-state index in [-0.39, 0.29) is 5.56 Å². The molecule has 6 heteroatoms. The second-order valence-electron chi connectivity index (χ2n) is 11.3. The van der Waals surface area contributed by atoms with Crippen molar-refractivity contribution in [2.75, 3.05) is 0 Å². The van der Waals surface area contributed by atoms with Crippen LogP contribution in [0, 0.1) is 0 Å². The summed E-state index contributed by atoms with van der Waals surface area (Å²) in [5, 5.41) is 28.0. The van der Waals surface area contributed by atoms with E-state index in [2.05, 4.69) is 40.3 Å². The summed E-state index contributed by atoms with van der Waals surface area (Å²) in [6.07, 6.45) is 10.5. The molecule has 5 aromatic carbocycles. The van der Waals surface area contributed by atoms with Crippen LogP contribution in [0.15, 0.2) is 104 Å². The molecule has 216 valence electrons. The number of carboxylic acids is 1. The normalized spacial score (nSPS) is 12.7. The summed E-state index contributed by atoms with van der Waals surface area (Å²) in [7, 11) is 0. The van der Waals surface area contributed by atoms with E-state index in [1.807, 2.05) is 42.5 Å². The topological polar surface area (TPSA) is 83.3 Å². The van der Waals surface area contributed by atoms with Gasteiger partial charge in [0.25, 0.3) is 0 Å². The van der Waals surface area contributed by atoms with Crippen molar-refractivity contribution in [3.63, 3.8) is 0 Å². The van der Waals surface area contributed by atoms with Crippen LogP contribution in [0.25, 0.3) is 43.2 Å². The fraction of sp³-hybridized carbons (Fsp3) is 0.132. The van der Waals surface area contributed by atoms with Gasteiger partial charge in [-0.1, -0.05) is 60.1 Å². The number of benzene rings is 5. The predicted octanol–water partition coefficient (Wildman–Crippen LogP) is 9.30. The number of phenolic OH excluding ortho intramolecular Hbond substituents is 1. The molecule has 2 heterocycles. The molecule has 2 aromatic heterocycles. The number of aryl methyl sites for hydroxylation is 2. The molecule has 7 aromatic rings. The Bertz CT molecular complexity index is 2210. The summed E-state index contributed by atoms with van der Waals surface area (Å²) in [4.78, 5) is 19.4. The lowest BCUT2D eigenvalue weighted by molar-refractivity contribution is 0.0699. The number of aromatic nitrogens is 2. The number of carboxylic acid groups (broad SMARTS) is 1. The second-order valence-corrected chi connectivity index (χ2v) is 11.7. The van der Waals surface area contributed by atoms with Crippen molar-refractivity contribution in [1.29, 1.82) is 0 Å². The highest BCUT2D eigenvalue weighted by Crippen LogP contribution is 2.36. The van der Waals surface area contributed by atoms with Crippen LogP contribution in [0.4, 0.5) is 0 Å². The molecule has 0 radical (unpaired) electrons. The molecule has 0 bridgehead atoms. The molecule has 0 saturated carbocycles. The van der Waals surface area contributed by atoms with Gasteiger partial charge in [-0.2, -0.15) is 0 Å². The van der Waals surface area contributed by atoms with Gasteiger partial charge >= 0.3 is 5.97 Å². The van der Waals surface area contributed by atoms with Crippen molar-refractivity contribution in [3.05, 3.63) is 136 Å². The maximum atomic E-state index is 11.1. The maximum Gasteiger partial charge on any atom is 0.336 e. The molecule has 2 N–H and O–H groups in total. The van der Waals surface area contributed by atoms with Crippen molar-refractivity contribution in [1.82, 2.24) is 9.97 Å². The van der Waals surface area contributed by atoms with Crippen molar-refractivity contribution in [2.45, 2.75) is 32.1 Å². The first-order valence-corrected chi connectivity index (χ1v) is 15.1. The summed E-state index contributed by atoms with van der Waals surface area (Å²) >= 11 is 5.98. The number of rotatable bonds is 3. The summed E-state index contributed by atoms with van der Waals surface area (Å²) in [5.74, 6) is -0.580. The highest BCUT2D eigenvalue weighted by atomic mass is 35.5. The first-order chi connectivity index (χ1) is 21.5. The van der Waals surface area contributed by atoms with Crippen LogP contribution in [0.5, 0.6) is 5.75 Å². The van der Waals surface area contributed by atoms with Gasteiger partial charge in [-0.25, -0.2) is 4.79 Å². The van der Waals surface area contributed by atoms with Crippen molar-refractivity contribution >= 4 is 60.8 Å². The van der Waals surface area contributed by atoms with Gasteiger partial charge in [0.05, 0.1) is 11.1 Å². The van der Waals surface area contributed by atoms with Gasteiger partial charge in [-0.3, -0.25) is 9.97 Å². The lowest BCUT2D eigenvalue weighted by Crippen LogP contribution is -2.03. The van der Waals surface area contributed by atoms with E-state index in [1.165, 1.54) is 65.2 Å². The fourth-order valence-corrected chi connectivity index (χ4v) is 6.53. The monoisotopic (exact) mass is 596 g/mol.